The van der Waals surface area contributed by atoms with Crippen LogP contribution in [0, 0.1) is 5.92 Å². The molecule has 2 aliphatic rings. The van der Waals surface area contributed by atoms with E-state index in [2.05, 4.69) is 24.3 Å². The molecule has 0 saturated carbocycles. The van der Waals surface area contributed by atoms with Crippen LogP contribution in [0.4, 0.5) is 9.59 Å². The average molecular weight is 703 g/mol. The molecule has 0 spiro atoms. The first kappa shape index (κ1) is 37.7. The second kappa shape index (κ2) is 18.1. The van der Waals surface area contributed by atoms with E-state index in [-0.39, 0.29) is 42.7 Å². The summed E-state index contributed by atoms with van der Waals surface area (Å²) >= 11 is 0. The minimum atomic E-state index is -0.607. The first-order valence-corrected chi connectivity index (χ1v) is 17.9. The van der Waals surface area contributed by atoms with Crippen LogP contribution in [0.5, 0.6) is 0 Å². The van der Waals surface area contributed by atoms with Crippen molar-refractivity contribution in [1.29, 1.82) is 0 Å². The Kier molecular flexibility index (Phi) is 13.1. The van der Waals surface area contributed by atoms with Crippen LogP contribution in [0.15, 0.2) is 109 Å². The van der Waals surface area contributed by atoms with Gasteiger partial charge >= 0.3 is 12.2 Å². The molecule has 6 rings (SSSR count). The Hall–Kier alpha value is -5.57. The predicted molar refractivity (Wildman–Crippen MR) is 199 cm³/mol. The number of aryl methyl sites for hydroxylation is 1. The first-order chi connectivity index (χ1) is 25.2. The molecule has 0 N–H and O–H groups in total. The summed E-state index contributed by atoms with van der Waals surface area (Å²) in [6.45, 7) is 5.87. The largest absolute Gasteiger partial charge is 0.447 e. The number of nitrogens with zero attached hydrogens (tertiary/aromatic N) is 2. The monoisotopic (exact) mass is 702 g/mol. The van der Waals surface area contributed by atoms with Crippen molar-refractivity contribution in [3.8, 4) is 22.3 Å². The fourth-order valence-electron chi connectivity index (χ4n) is 6.50. The van der Waals surface area contributed by atoms with Gasteiger partial charge in [-0.25, -0.2) is 19.4 Å². The maximum Gasteiger partial charge on any atom is 0.416 e. The Labute approximate surface area is 305 Å². The fraction of sp³-hybridized carbons (Fsp3) is 0.326. The van der Waals surface area contributed by atoms with E-state index in [0.717, 1.165) is 34.2 Å². The summed E-state index contributed by atoms with van der Waals surface area (Å²) in [6.07, 6.45) is 1.70. The van der Waals surface area contributed by atoms with E-state index in [0.29, 0.717) is 32.3 Å². The molecule has 0 aliphatic carbocycles. The van der Waals surface area contributed by atoms with E-state index < -0.39 is 18.1 Å². The van der Waals surface area contributed by atoms with Crippen LogP contribution >= 0.6 is 0 Å². The van der Waals surface area contributed by atoms with Crippen molar-refractivity contribution in [1.82, 2.24) is 9.80 Å². The molecular formula is C43H46N2O7. The van der Waals surface area contributed by atoms with Crippen molar-refractivity contribution in [3.05, 3.63) is 120 Å². The molecule has 52 heavy (non-hydrogen) atoms. The van der Waals surface area contributed by atoms with Crippen molar-refractivity contribution in [3.63, 3.8) is 0 Å². The van der Waals surface area contributed by atoms with Gasteiger partial charge in [-0.1, -0.05) is 123 Å². The molecule has 0 unspecified atom stereocenters. The molecule has 3 atom stereocenters. The van der Waals surface area contributed by atoms with Crippen LogP contribution in [0.1, 0.15) is 57.6 Å². The number of carbonyl (C=O) groups is 5. The number of ether oxygens (including phenoxy) is 2. The second-order valence-electron chi connectivity index (χ2n) is 13.2. The number of Topliss-reactive ketones (excluding diaryl/α,β-unsaturated/α-hetero) is 1. The Morgan fingerprint density at radius 2 is 1.08 bits per heavy atom. The van der Waals surface area contributed by atoms with Crippen LogP contribution in [0.25, 0.3) is 22.3 Å². The molecule has 2 heterocycles. The van der Waals surface area contributed by atoms with Crippen molar-refractivity contribution >= 4 is 29.8 Å². The van der Waals surface area contributed by atoms with E-state index in [9.17, 15) is 24.0 Å². The van der Waals surface area contributed by atoms with Gasteiger partial charge in [-0.2, -0.15) is 0 Å². The number of ketones is 1. The van der Waals surface area contributed by atoms with Crippen molar-refractivity contribution < 1.29 is 33.4 Å². The Morgan fingerprint density at radius 1 is 0.635 bits per heavy atom. The van der Waals surface area contributed by atoms with Crippen molar-refractivity contribution in [2.75, 3.05) is 13.2 Å². The standard InChI is InChI=1S/C23H25NO4.C20H21NO3/c1-3-21-15-28-23(27)24(21)22(26)20(13-16(2)25)14-17-9-11-19(12-10-17)18-7-5-4-6-8-18;1-2-18-14-24-20(23)21(18)19(22)13-10-15-8-11-17(12-9-15)16-6-4-3-5-7-16/h4-12,20-21H,3,13-15H2,1-2H3;3-9,11-12,18H,2,10,13-14H2,1H3/t20-,21-;18-/m11/s1. The van der Waals surface area contributed by atoms with Gasteiger partial charge in [0.05, 0.1) is 12.1 Å². The number of hydrogen-bond acceptors (Lipinski definition) is 7. The molecule has 4 amide bonds. The van der Waals surface area contributed by atoms with Gasteiger partial charge in [-0.15, -0.1) is 0 Å². The van der Waals surface area contributed by atoms with E-state index >= 15 is 0 Å². The molecule has 0 aromatic heterocycles. The zero-order valence-electron chi connectivity index (χ0n) is 30.0. The lowest BCUT2D eigenvalue weighted by atomic mass is 9.92. The van der Waals surface area contributed by atoms with Gasteiger partial charge in [0.25, 0.3) is 0 Å². The minimum absolute atomic E-state index is 0.0696. The lowest BCUT2D eigenvalue weighted by Gasteiger charge is -2.24. The van der Waals surface area contributed by atoms with Gasteiger partial charge in [0.2, 0.25) is 11.8 Å². The van der Waals surface area contributed by atoms with Crippen molar-refractivity contribution in [2.45, 2.75) is 71.4 Å². The number of imide groups is 2. The summed E-state index contributed by atoms with van der Waals surface area (Å²) in [4.78, 5) is 63.3. The fourth-order valence-corrected chi connectivity index (χ4v) is 6.50. The molecule has 0 radical (unpaired) electrons. The molecule has 4 aromatic rings. The quantitative estimate of drug-likeness (QED) is 0.146. The third-order valence-electron chi connectivity index (χ3n) is 9.49. The molecule has 0 bridgehead atoms. The van der Waals surface area contributed by atoms with Crippen molar-refractivity contribution in [2.24, 2.45) is 5.92 Å². The third kappa shape index (κ3) is 9.60. The topological polar surface area (TPSA) is 110 Å². The maximum absolute atomic E-state index is 13.0. The number of carbonyl (C=O) groups excluding carboxylic acids is 5. The normalized spacial score (nSPS) is 17.1. The summed E-state index contributed by atoms with van der Waals surface area (Å²) in [6, 6.07) is 36.0. The molecule has 2 fully saturated rings. The van der Waals surface area contributed by atoms with Crippen LogP contribution in [0.3, 0.4) is 0 Å². The summed E-state index contributed by atoms with van der Waals surface area (Å²) in [5.41, 5.74) is 6.58. The average Bonchev–Trinajstić information content (AvgIpc) is 3.75. The van der Waals surface area contributed by atoms with Crippen LogP contribution in [-0.4, -0.2) is 64.9 Å². The molecule has 4 aromatic carbocycles. The van der Waals surface area contributed by atoms with E-state index in [1.165, 1.54) is 22.3 Å². The molecule has 9 nitrogen and oxygen atoms in total. The van der Waals surface area contributed by atoms with Crippen LogP contribution in [0.2, 0.25) is 0 Å². The Morgan fingerprint density at radius 3 is 1.56 bits per heavy atom. The summed E-state index contributed by atoms with van der Waals surface area (Å²) < 4.78 is 10.0. The van der Waals surface area contributed by atoms with Crippen LogP contribution < -0.4 is 0 Å². The summed E-state index contributed by atoms with van der Waals surface area (Å²) in [5, 5.41) is 0. The number of rotatable bonds is 12. The van der Waals surface area contributed by atoms with Gasteiger partial charge in [0.15, 0.2) is 0 Å². The molecule has 2 aliphatic heterocycles. The Balaban J connectivity index is 0.000000203. The SMILES string of the molecule is CC[C@@H]1COC(=O)N1C(=O)CCc1ccc(-c2ccccc2)cc1.CC[C@@H]1COC(=O)N1C(=O)[C@H](CC(C)=O)Cc1ccc(-c2ccccc2)cc1. The highest BCUT2D eigenvalue weighted by molar-refractivity contribution is 5.97. The Bertz CT molecular complexity index is 1830. The van der Waals surface area contributed by atoms with Gasteiger partial charge in [-0.05, 0) is 66.0 Å². The second-order valence-corrected chi connectivity index (χ2v) is 13.2. The number of benzene rings is 4. The van der Waals surface area contributed by atoms with Gasteiger partial charge in [0, 0.05) is 18.8 Å². The van der Waals surface area contributed by atoms with E-state index in [4.69, 9.17) is 9.47 Å². The predicted octanol–water partition coefficient (Wildman–Crippen LogP) is 8.29. The lowest BCUT2D eigenvalue weighted by Crippen LogP contribution is -2.43. The number of cyclic esters (lactones) is 2. The lowest BCUT2D eigenvalue weighted by molar-refractivity contribution is -0.136. The highest BCUT2D eigenvalue weighted by Gasteiger charge is 2.40. The maximum atomic E-state index is 13.0. The molecule has 9 heteroatoms. The first-order valence-electron chi connectivity index (χ1n) is 17.9. The zero-order valence-corrected chi connectivity index (χ0v) is 30.0. The summed E-state index contributed by atoms with van der Waals surface area (Å²) in [7, 11) is 0. The van der Waals surface area contributed by atoms with Crippen LogP contribution in [-0.2, 0) is 36.7 Å². The molecular weight excluding hydrogens is 656 g/mol. The van der Waals surface area contributed by atoms with E-state index in [1.54, 1.807) is 0 Å². The van der Waals surface area contributed by atoms with E-state index in [1.807, 2.05) is 98.8 Å². The number of amides is 4. The number of hydrogen-bond donors (Lipinski definition) is 0. The zero-order chi connectivity index (χ0) is 37.0. The molecule has 270 valence electrons. The van der Waals surface area contributed by atoms with Gasteiger partial charge in [-0.3, -0.25) is 9.59 Å². The smallest absolute Gasteiger partial charge is 0.416 e. The highest BCUT2D eigenvalue weighted by atomic mass is 16.6. The van der Waals surface area contributed by atoms with Gasteiger partial charge < -0.3 is 14.3 Å². The summed E-state index contributed by atoms with van der Waals surface area (Å²) in [5.74, 6) is -1.12. The highest BCUT2D eigenvalue weighted by Crippen LogP contribution is 2.26. The minimum Gasteiger partial charge on any atom is -0.447 e. The molecule has 2 saturated heterocycles. The van der Waals surface area contributed by atoms with Gasteiger partial charge in [0.1, 0.15) is 19.0 Å². The third-order valence-corrected chi connectivity index (χ3v) is 9.49.